The van der Waals surface area contributed by atoms with E-state index in [9.17, 15) is 4.79 Å². The van der Waals surface area contributed by atoms with Crippen LogP contribution in [0.15, 0.2) is 0 Å². The van der Waals surface area contributed by atoms with E-state index in [1.807, 2.05) is 0 Å². The first-order valence-corrected chi connectivity index (χ1v) is 9.80. The lowest BCUT2D eigenvalue weighted by molar-refractivity contribution is -0.138. The summed E-state index contributed by atoms with van der Waals surface area (Å²) in [5.41, 5.74) is 0. The van der Waals surface area contributed by atoms with Crippen LogP contribution in [0.2, 0.25) is 0 Å². The van der Waals surface area contributed by atoms with Crippen LogP contribution in [0.5, 0.6) is 0 Å². The van der Waals surface area contributed by atoms with E-state index in [2.05, 4.69) is 19.6 Å². The van der Waals surface area contributed by atoms with Crippen molar-refractivity contribution in [3.8, 4) is 0 Å². The SMILES string of the molecule is O=C(O)CN1CCCN2CCN(CCCN(CC3CC3)CC2)CC1. The van der Waals surface area contributed by atoms with Crippen molar-refractivity contribution in [3.05, 3.63) is 0 Å². The van der Waals surface area contributed by atoms with Gasteiger partial charge in [0.1, 0.15) is 0 Å². The summed E-state index contributed by atoms with van der Waals surface area (Å²) in [4.78, 5) is 21.0. The zero-order chi connectivity index (χ0) is 16.8. The molecule has 3 aliphatic rings. The van der Waals surface area contributed by atoms with Crippen molar-refractivity contribution in [3.63, 3.8) is 0 Å². The van der Waals surface area contributed by atoms with E-state index >= 15 is 0 Å². The highest BCUT2D eigenvalue weighted by Crippen LogP contribution is 2.29. The monoisotopic (exact) mass is 338 g/mol. The van der Waals surface area contributed by atoms with E-state index in [4.69, 9.17) is 5.11 Å². The summed E-state index contributed by atoms with van der Waals surface area (Å²) < 4.78 is 0. The molecule has 2 atom stereocenters. The Morgan fingerprint density at radius 1 is 0.750 bits per heavy atom. The van der Waals surface area contributed by atoms with E-state index in [0.717, 1.165) is 58.2 Å². The zero-order valence-electron chi connectivity index (χ0n) is 15.0. The van der Waals surface area contributed by atoms with Gasteiger partial charge in [0, 0.05) is 52.4 Å². The standard InChI is InChI=1S/C18H34N4O2/c23-18(24)16-22-8-2-6-19-9-10-20(12-14-22)5-1-7-21(13-11-19)15-17-3-4-17/h17H,1-16H2,(H,23,24). The molecule has 6 nitrogen and oxygen atoms in total. The van der Waals surface area contributed by atoms with Crippen LogP contribution in [0, 0.1) is 5.92 Å². The summed E-state index contributed by atoms with van der Waals surface area (Å²) in [6.45, 7) is 12.4. The lowest BCUT2D eigenvalue weighted by Gasteiger charge is -2.35. The maximum absolute atomic E-state index is 11.1. The molecule has 2 saturated heterocycles. The third-order valence-electron chi connectivity index (χ3n) is 5.67. The molecule has 1 aliphatic carbocycles. The van der Waals surface area contributed by atoms with Gasteiger partial charge >= 0.3 is 5.97 Å². The maximum atomic E-state index is 11.1. The molecule has 2 aliphatic heterocycles. The first kappa shape index (κ1) is 18.1. The Morgan fingerprint density at radius 3 is 1.88 bits per heavy atom. The largest absolute Gasteiger partial charge is 0.480 e. The van der Waals surface area contributed by atoms with Crippen molar-refractivity contribution in [1.82, 2.24) is 19.6 Å². The van der Waals surface area contributed by atoms with Gasteiger partial charge in [0.25, 0.3) is 0 Å². The highest BCUT2D eigenvalue weighted by molar-refractivity contribution is 5.69. The van der Waals surface area contributed by atoms with E-state index in [0.29, 0.717) is 0 Å². The molecule has 2 unspecified atom stereocenters. The third-order valence-corrected chi connectivity index (χ3v) is 5.67. The average molecular weight is 338 g/mol. The van der Waals surface area contributed by atoms with Crippen molar-refractivity contribution in [2.75, 3.05) is 78.5 Å². The minimum Gasteiger partial charge on any atom is -0.480 e. The van der Waals surface area contributed by atoms with Gasteiger partial charge in [-0.15, -0.1) is 0 Å². The van der Waals surface area contributed by atoms with Crippen molar-refractivity contribution in [2.24, 2.45) is 5.92 Å². The first-order valence-electron chi connectivity index (χ1n) is 9.80. The average Bonchev–Trinajstić information content (AvgIpc) is 3.36. The molecule has 3 rings (SSSR count). The number of carboxylic acids is 1. The van der Waals surface area contributed by atoms with Gasteiger partial charge in [-0.1, -0.05) is 0 Å². The summed E-state index contributed by atoms with van der Waals surface area (Å²) in [5.74, 6) is 0.272. The van der Waals surface area contributed by atoms with Gasteiger partial charge in [-0.2, -0.15) is 0 Å². The second-order valence-electron chi connectivity index (χ2n) is 7.80. The molecule has 0 spiro atoms. The Bertz CT molecular complexity index is 402. The van der Waals surface area contributed by atoms with Crippen molar-refractivity contribution >= 4 is 5.97 Å². The molecule has 1 N–H and O–H groups in total. The molecule has 0 aromatic heterocycles. The minimum atomic E-state index is -0.702. The Hall–Kier alpha value is -0.690. The van der Waals surface area contributed by atoms with Gasteiger partial charge in [0.15, 0.2) is 0 Å². The molecule has 0 aromatic rings. The predicted octanol–water partition coefficient (Wildman–Crippen LogP) is 0.496. The summed E-state index contributed by atoms with van der Waals surface area (Å²) in [6.07, 6.45) is 5.19. The highest BCUT2D eigenvalue weighted by Gasteiger charge is 2.25. The Labute approximate surface area is 146 Å². The van der Waals surface area contributed by atoms with E-state index in [1.54, 1.807) is 0 Å². The van der Waals surface area contributed by atoms with Gasteiger partial charge in [0.05, 0.1) is 6.54 Å². The molecule has 0 amide bonds. The lowest BCUT2D eigenvalue weighted by Crippen LogP contribution is -2.47. The van der Waals surface area contributed by atoms with Gasteiger partial charge in [-0.05, 0) is 51.2 Å². The molecular weight excluding hydrogens is 304 g/mol. The van der Waals surface area contributed by atoms with E-state index in [1.165, 1.54) is 45.4 Å². The fourth-order valence-corrected chi connectivity index (χ4v) is 3.98. The molecule has 0 radical (unpaired) electrons. The van der Waals surface area contributed by atoms with Crippen LogP contribution in [-0.2, 0) is 4.79 Å². The van der Waals surface area contributed by atoms with Gasteiger partial charge in [-0.25, -0.2) is 0 Å². The van der Waals surface area contributed by atoms with Crippen LogP contribution in [0.1, 0.15) is 25.7 Å². The molecule has 2 bridgehead atoms. The number of hydrogen-bond acceptors (Lipinski definition) is 5. The molecule has 0 aromatic carbocycles. The first-order chi connectivity index (χ1) is 11.7. The van der Waals surface area contributed by atoms with Crippen molar-refractivity contribution < 1.29 is 9.90 Å². The van der Waals surface area contributed by atoms with Crippen LogP contribution < -0.4 is 0 Å². The molecule has 3 fully saturated rings. The number of rotatable bonds is 4. The highest BCUT2D eigenvalue weighted by atomic mass is 16.4. The lowest BCUT2D eigenvalue weighted by atomic mass is 10.2. The molecule has 2 heterocycles. The van der Waals surface area contributed by atoms with E-state index < -0.39 is 5.97 Å². The topological polar surface area (TPSA) is 50.3 Å². The molecule has 6 heteroatoms. The second-order valence-corrected chi connectivity index (χ2v) is 7.80. The van der Waals surface area contributed by atoms with Crippen molar-refractivity contribution in [2.45, 2.75) is 25.7 Å². The zero-order valence-corrected chi connectivity index (χ0v) is 15.0. The summed E-state index contributed by atoms with van der Waals surface area (Å²) in [5, 5.41) is 9.10. The summed E-state index contributed by atoms with van der Waals surface area (Å²) in [6, 6.07) is 0. The van der Waals surface area contributed by atoms with E-state index in [-0.39, 0.29) is 6.54 Å². The summed E-state index contributed by atoms with van der Waals surface area (Å²) >= 11 is 0. The Kier molecular flexibility index (Phi) is 6.89. The fraction of sp³-hybridized carbons (Fsp3) is 0.944. The van der Waals surface area contributed by atoms with Gasteiger partial charge in [0.2, 0.25) is 0 Å². The number of nitrogens with zero attached hydrogens (tertiary/aromatic N) is 4. The van der Waals surface area contributed by atoms with Gasteiger partial charge < -0.3 is 19.8 Å². The number of aliphatic carboxylic acids is 1. The summed E-state index contributed by atoms with van der Waals surface area (Å²) in [7, 11) is 0. The Balaban J connectivity index is 1.56. The van der Waals surface area contributed by atoms with Crippen LogP contribution in [0.4, 0.5) is 0 Å². The molecule has 138 valence electrons. The minimum absolute atomic E-state index is 0.184. The fourth-order valence-electron chi connectivity index (χ4n) is 3.98. The van der Waals surface area contributed by atoms with Crippen molar-refractivity contribution in [1.29, 1.82) is 0 Å². The predicted molar refractivity (Wildman–Crippen MR) is 95.4 cm³/mol. The van der Waals surface area contributed by atoms with Crippen LogP contribution in [0.25, 0.3) is 0 Å². The molecule has 1 saturated carbocycles. The molecular formula is C18H34N4O2. The van der Waals surface area contributed by atoms with Crippen LogP contribution >= 0.6 is 0 Å². The Morgan fingerprint density at radius 2 is 1.29 bits per heavy atom. The number of hydrogen-bond donors (Lipinski definition) is 1. The van der Waals surface area contributed by atoms with Gasteiger partial charge in [-0.3, -0.25) is 9.69 Å². The van der Waals surface area contributed by atoms with Crippen LogP contribution in [-0.4, -0.2) is 109 Å². The maximum Gasteiger partial charge on any atom is 0.317 e. The number of fused-ring (bicyclic) bond motifs is 3. The number of carbonyl (C=O) groups is 1. The molecule has 24 heavy (non-hydrogen) atoms. The number of carboxylic acid groups (broad SMARTS) is 1. The smallest absolute Gasteiger partial charge is 0.317 e. The second kappa shape index (κ2) is 9.13. The quantitative estimate of drug-likeness (QED) is 0.805. The third kappa shape index (κ3) is 6.31. The normalized spacial score (nSPS) is 31.7. The van der Waals surface area contributed by atoms with Crippen LogP contribution in [0.3, 0.4) is 0 Å².